The number of fused-ring (bicyclic) bond motifs is 2. The number of carbonyl (C=O) groups is 1. The first-order valence-electron chi connectivity index (χ1n) is 9.15. The molecular formula is C20H19ClN2O6S. The van der Waals surface area contributed by atoms with Crippen LogP contribution in [0.15, 0.2) is 41.3 Å². The molecule has 1 aromatic carbocycles. The predicted octanol–water partition coefficient (Wildman–Crippen LogP) is 3.24. The summed E-state index contributed by atoms with van der Waals surface area (Å²) in [4.78, 5) is 15.7. The molecule has 0 aliphatic carbocycles. The fraction of sp³-hybridized carbons (Fsp3) is 0.300. The molecular weight excluding hydrogens is 432 g/mol. The van der Waals surface area contributed by atoms with Gasteiger partial charge in [0.2, 0.25) is 0 Å². The molecule has 1 aliphatic rings. The Kier molecular flexibility index (Phi) is 5.00. The summed E-state index contributed by atoms with van der Waals surface area (Å²) in [6.07, 6.45) is 0.630. The number of hydrogen-bond donors (Lipinski definition) is 1. The number of carboxylic acids is 1. The van der Waals surface area contributed by atoms with Gasteiger partial charge in [0.25, 0.3) is 10.0 Å². The van der Waals surface area contributed by atoms with Crippen molar-refractivity contribution >= 4 is 38.6 Å². The van der Waals surface area contributed by atoms with Crippen LogP contribution in [0.2, 0.25) is 5.15 Å². The van der Waals surface area contributed by atoms with Crippen molar-refractivity contribution in [2.45, 2.75) is 37.4 Å². The second kappa shape index (κ2) is 7.26. The van der Waals surface area contributed by atoms with Crippen molar-refractivity contribution in [2.24, 2.45) is 0 Å². The minimum Gasteiger partial charge on any atom is -0.493 e. The Hall–Kier alpha value is -2.62. The Labute approximate surface area is 178 Å². The van der Waals surface area contributed by atoms with Crippen molar-refractivity contribution < 1.29 is 27.8 Å². The summed E-state index contributed by atoms with van der Waals surface area (Å²) in [5, 5.41) is 9.51. The van der Waals surface area contributed by atoms with Crippen LogP contribution in [0.5, 0.6) is 5.75 Å². The highest BCUT2D eigenvalue weighted by Gasteiger charge is 2.31. The minimum absolute atomic E-state index is 0.0953. The van der Waals surface area contributed by atoms with Gasteiger partial charge in [-0.1, -0.05) is 11.6 Å². The molecule has 0 atom stereocenters. The summed E-state index contributed by atoms with van der Waals surface area (Å²) in [5.74, 6) is -0.487. The lowest BCUT2D eigenvalue weighted by Gasteiger charge is -2.21. The van der Waals surface area contributed by atoms with Gasteiger partial charge in [-0.05, 0) is 55.8 Å². The van der Waals surface area contributed by atoms with Crippen LogP contribution in [0, 0.1) is 0 Å². The average Bonchev–Trinajstić information content (AvgIpc) is 3.29. The largest absolute Gasteiger partial charge is 0.493 e. The maximum absolute atomic E-state index is 13.6. The molecule has 0 spiro atoms. The van der Waals surface area contributed by atoms with E-state index in [1.54, 1.807) is 18.2 Å². The molecule has 3 heterocycles. The van der Waals surface area contributed by atoms with Gasteiger partial charge in [-0.2, -0.15) is 0 Å². The third kappa shape index (κ3) is 3.53. The van der Waals surface area contributed by atoms with Gasteiger partial charge < -0.3 is 14.6 Å². The van der Waals surface area contributed by atoms with E-state index in [1.807, 2.05) is 0 Å². The van der Waals surface area contributed by atoms with Gasteiger partial charge in [-0.25, -0.2) is 22.2 Å². The molecule has 0 radical (unpaired) electrons. The van der Waals surface area contributed by atoms with E-state index in [9.17, 15) is 18.3 Å². The van der Waals surface area contributed by atoms with Gasteiger partial charge in [0.1, 0.15) is 10.9 Å². The van der Waals surface area contributed by atoms with E-state index in [0.717, 1.165) is 9.54 Å². The van der Waals surface area contributed by atoms with Crippen LogP contribution in [0.25, 0.3) is 11.0 Å². The molecule has 0 amide bonds. The molecule has 0 bridgehead atoms. The Bertz CT molecular complexity index is 1270. The quantitative estimate of drug-likeness (QED) is 0.574. The molecule has 30 heavy (non-hydrogen) atoms. The summed E-state index contributed by atoms with van der Waals surface area (Å²) < 4.78 is 39.2. The molecule has 1 N–H and O–H groups in total. The molecule has 10 heteroatoms. The summed E-state index contributed by atoms with van der Waals surface area (Å²) in [7, 11) is -4.02. The first kappa shape index (κ1) is 20.6. The summed E-state index contributed by atoms with van der Waals surface area (Å²) >= 11 is 5.97. The number of hydrogen-bond acceptors (Lipinski definition) is 6. The monoisotopic (exact) mass is 450 g/mol. The van der Waals surface area contributed by atoms with Crippen molar-refractivity contribution in [3.8, 4) is 5.75 Å². The third-order valence-corrected chi connectivity index (χ3v) is 6.92. The zero-order valence-corrected chi connectivity index (χ0v) is 17.8. The van der Waals surface area contributed by atoms with Crippen molar-refractivity contribution in [2.75, 3.05) is 6.61 Å². The highest BCUT2D eigenvalue weighted by Crippen LogP contribution is 2.31. The van der Waals surface area contributed by atoms with Gasteiger partial charge in [0.15, 0.2) is 5.60 Å². The van der Waals surface area contributed by atoms with Gasteiger partial charge in [0.05, 0.1) is 34.8 Å². The number of pyridine rings is 1. The van der Waals surface area contributed by atoms with E-state index in [4.69, 9.17) is 21.1 Å². The van der Waals surface area contributed by atoms with E-state index in [2.05, 4.69) is 4.98 Å². The summed E-state index contributed by atoms with van der Waals surface area (Å²) in [6.45, 7) is 3.05. The first-order valence-corrected chi connectivity index (χ1v) is 11.0. The lowest BCUT2D eigenvalue weighted by Crippen LogP contribution is -2.34. The second-order valence-electron chi connectivity index (χ2n) is 7.42. The maximum Gasteiger partial charge on any atom is 0.335 e. The number of benzene rings is 1. The standard InChI is InChI=1S/C20H19ClN2O6S/c1-20(2,19(24)25)29-11-13-10-15-16(4-6-18(21)22-15)23(13)30(26,27)14-3-5-17-12(9-14)7-8-28-17/h3-6,9-10H,7-8,11H2,1-2H3,(H,24,25). The number of aromatic nitrogens is 2. The number of carboxylic acid groups (broad SMARTS) is 1. The van der Waals surface area contributed by atoms with Crippen LogP contribution in [0.3, 0.4) is 0 Å². The molecule has 0 saturated carbocycles. The minimum atomic E-state index is -4.02. The van der Waals surface area contributed by atoms with Gasteiger partial charge >= 0.3 is 5.97 Å². The number of rotatable bonds is 6. The van der Waals surface area contributed by atoms with Crippen molar-refractivity contribution in [1.29, 1.82) is 0 Å². The van der Waals surface area contributed by atoms with Crippen LogP contribution >= 0.6 is 11.6 Å². The van der Waals surface area contributed by atoms with E-state index >= 15 is 0 Å². The SMILES string of the molecule is CC(C)(OCc1cc2nc(Cl)ccc2n1S(=O)(=O)c1ccc2c(c1)CCO2)C(=O)O. The van der Waals surface area contributed by atoms with Gasteiger partial charge in [0, 0.05) is 6.42 Å². The van der Waals surface area contributed by atoms with Crippen LogP contribution in [-0.2, 0) is 32.6 Å². The number of nitrogens with zero attached hydrogens (tertiary/aromatic N) is 2. The third-order valence-electron chi connectivity index (χ3n) is 4.95. The van der Waals surface area contributed by atoms with E-state index in [-0.39, 0.29) is 22.3 Å². The zero-order chi connectivity index (χ0) is 21.7. The molecule has 3 aromatic rings. The smallest absolute Gasteiger partial charge is 0.335 e. The number of ether oxygens (including phenoxy) is 2. The molecule has 0 fully saturated rings. The number of aliphatic carboxylic acids is 1. The zero-order valence-electron chi connectivity index (χ0n) is 16.3. The van der Waals surface area contributed by atoms with Crippen molar-refractivity contribution in [3.63, 3.8) is 0 Å². The lowest BCUT2D eigenvalue weighted by molar-refractivity contribution is -0.162. The molecule has 0 unspecified atom stereocenters. The average molecular weight is 451 g/mol. The highest BCUT2D eigenvalue weighted by molar-refractivity contribution is 7.90. The van der Waals surface area contributed by atoms with Crippen molar-refractivity contribution in [1.82, 2.24) is 8.96 Å². The lowest BCUT2D eigenvalue weighted by atomic mass is 10.1. The maximum atomic E-state index is 13.6. The Morgan fingerprint density at radius 1 is 1.30 bits per heavy atom. The summed E-state index contributed by atoms with van der Waals surface area (Å²) in [5.41, 5.74) is 0.246. The molecule has 1 aliphatic heterocycles. The van der Waals surface area contributed by atoms with Crippen LogP contribution in [0.1, 0.15) is 25.1 Å². The fourth-order valence-electron chi connectivity index (χ4n) is 3.22. The van der Waals surface area contributed by atoms with Gasteiger partial charge in [-0.15, -0.1) is 0 Å². The molecule has 158 valence electrons. The highest BCUT2D eigenvalue weighted by atomic mass is 35.5. The van der Waals surface area contributed by atoms with Crippen LogP contribution < -0.4 is 4.74 Å². The Morgan fingerprint density at radius 3 is 2.80 bits per heavy atom. The van der Waals surface area contributed by atoms with E-state index in [0.29, 0.717) is 29.8 Å². The topological polar surface area (TPSA) is 108 Å². The van der Waals surface area contributed by atoms with Crippen LogP contribution in [-0.4, -0.2) is 40.7 Å². The molecule has 0 saturated heterocycles. The molecule has 2 aromatic heterocycles. The fourth-order valence-corrected chi connectivity index (χ4v) is 4.94. The number of halogens is 1. The van der Waals surface area contributed by atoms with Gasteiger partial charge in [-0.3, -0.25) is 0 Å². The Morgan fingerprint density at radius 2 is 2.07 bits per heavy atom. The van der Waals surface area contributed by atoms with Crippen LogP contribution in [0.4, 0.5) is 0 Å². The van der Waals surface area contributed by atoms with Crippen molar-refractivity contribution in [3.05, 3.63) is 52.8 Å². The summed E-state index contributed by atoms with van der Waals surface area (Å²) in [6, 6.07) is 9.31. The Balaban J connectivity index is 1.84. The predicted molar refractivity (Wildman–Crippen MR) is 109 cm³/mol. The van der Waals surface area contributed by atoms with E-state index in [1.165, 1.54) is 32.0 Å². The second-order valence-corrected chi connectivity index (χ2v) is 9.59. The first-order chi connectivity index (χ1) is 14.1. The normalized spacial score (nSPS) is 14.0. The van der Waals surface area contributed by atoms with E-state index < -0.39 is 21.6 Å². The molecule has 8 nitrogen and oxygen atoms in total. The molecule has 4 rings (SSSR count).